The summed E-state index contributed by atoms with van der Waals surface area (Å²) in [5.74, 6) is 2.48. The fraction of sp³-hybridized carbons (Fsp3) is 0.630. The Morgan fingerprint density at radius 2 is 1.82 bits per heavy atom. The highest BCUT2D eigenvalue weighted by Gasteiger charge is 2.33. The van der Waals surface area contributed by atoms with E-state index in [4.69, 9.17) is 17.3 Å². The highest BCUT2D eigenvalue weighted by atomic mass is 35.5. The van der Waals surface area contributed by atoms with Gasteiger partial charge in [0.2, 0.25) is 11.8 Å². The van der Waals surface area contributed by atoms with E-state index in [-0.39, 0.29) is 23.7 Å². The highest BCUT2D eigenvalue weighted by Crippen LogP contribution is 2.34. The van der Waals surface area contributed by atoms with Crippen molar-refractivity contribution in [1.29, 1.82) is 0 Å². The quantitative estimate of drug-likeness (QED) is 0.535. The lowest BCUT2D eigenvalue weighted by Gasteiger charge is -2.35. The van der Waals surface area contributed by atoms with E-state index < -0.39 is 0 Å². The molecule has 2 unspecified atom stereocenters. The number of benzene rings is 1. The van der Waals surface area contributed by atoms with Gasteiger partial charge in [-0.15, -0.1) is 0 Å². The number of halogens is 1. The maximum Gasteiger partial charge on any atom is 0.244 e. The van der Waals surface area contributed by atoms with Crippen LogP contribution in [0.2, 0.25) is 5.02 Å². The maximum atomic E-state index is 13.3. The lowest BCUT2D eigenvalue weighted by atomic mass is 9.76. The van der Waals surface area contributed by atoms with Crippen LogP contribution in [-0.2, 0) is 9.59 Å². The van der Waals surface area contributed by atoms with E-state index in [9.17, 15) is 9.59 Å². The number of amides is 2. The summed E-state index contributed by atoms with van der Waals surface area (Å²) in [7, 11) is 0. The zero-order chi connectivity index (χ0) is 23.8. The van der Waals surface area contributed by atoms with Gasteiger partial charge in [0.05, 0.1) is 0 Å². The number of likely N-dealkylation sites (tertiary alicyclic amines) is 1. The Bertz CT molecular complexity index is 800. The molecule has 182 valence electrons. The first kappa shape index (κ1) is 25.8. The van der Waals surface area contributed by atoms with Crippen molar-refractivity contribution < 1.29 is 9.59 Å². The van der Waals surface area contributed by atoms with Crippen molar-refractivity contribution in [2.75, 3.05) is 26.2 Å². The van der Waals surface area contributed by atoms with Gasteiger partial charge in [-0.05, 0) is 92.5 Å². The van der Waals surface area contributed by atoms with Gasteiger partial charge in [0.1, 0.15) is 0 Å². The van der Waals surface area contributed by atoms with E-state index in [1.165, 1.54) is 19.3 Å². The molecule has 3 N–H and O–H groups in total. The first-order chi connectivity index (χ1) is 15.8. The average Bonchev–Trinajstić information content (AvgIpc) is 2.91. The van der Waals surface area contributed by atoms with Gasteiger partial charge >= 0.3 is 0 Å². The summed E-state index contributed by atoms with van der Waals surface area (Å²) in [6, 6.07) is 7.37. The smallest absolute Gasteiger partial charge is 0.244 e. The minimum atomic E-state index is -0.113. The molecule has 1 aliphatic heterocycles. The number of carbonyl (C=O) groups excluding carboxylic acids is 2. The molecule has 1 saturated heterocycles. The summed E-state index contributed by atoms with van der Waals surface area (Å²) in [4.78, 5) is 27.8. The monoisotopic (exact) mass is 473 g/mol. The molecule has 2 amide bonds. The Morgan fingerprint density at radius 1 is 1.12 bits per heavy atom. The van der Waals surface area contributed by atoms with Crippen molar-refractivity contribution in [1.82, 2.24) is 10.2 Å². The molecule has 0 spiro atoms. The first-order valence-corrected chi connectivity index (χ1v) is 12.9. The molecule has 6 heteroatoms. The molecule has 0 radical (unpaired) electrons. The molecule has 4 atom stereocenters. The highest BCUT2D eigenvalue weighted by molar-refractivity contribution is 6.30. The summed E-state index contributed by atoms with van der Waals surface area (Å²) in [6.07, 6.45) is 9.51. The lowest BCUT2D eigenvalue weighted by Crippen LogP contribution is -2.40. The molecule has 1 saturated carbocycles. The van der Waals surface area contributed by atoms with Crippen LogP contribution in [0.1, 0.15) is 57.9 Å². The third-order valence-electron chi connectivity index (χ3n) is 7.22. The van der Waals surface area contributed by atoms with Crippen molar-refractivity contribution in [3.63, 3.8) is 0 Å². The van der Waals surface area contributed by atoms with Crippen LogP contribution in [0.15, 0.2) is 30.3 Å². The summed E-state index contributed by atoms with van der Waals surface area (Å²) < 4.78 is 0. The van der Waals surface area contributed by atoms with Gasteiger partial charge in [-0.2, -0.15) is 0 Å². The van der Waals surface area contributed by atoms with Gasteiger partial charge in [0, 0.05) is 36.7 Å². The Hall–Kier alpha value is -1.85. The third-order valence-corrected chi connectivity index (χ3v) is 7.47. The summed E-state index contributed by atoms with van der Waals surface area (Å²) in [5, 5.41) is 3.71. The second-order valence-electron chi connectivity index (χ2n) is 10.4. The van der Waals surface area contributed by atoms with E-state index in [1.54, 1.807) is 24.3 Å². The zero-order valence-electron chi connectivity index (χ0n) is 20.1. The molecular weight excluding hydrogens is 434 g/mol. The molecular formula is C27H40ClN3O2. The lowest BCUT2D eigenvalue weighted by molar-refractivity contribution is -0.136. The summed E-state index contributed by atoms with van der Waals surface area (Å²) in [6.45, 7) is 7.43. The zero-order valence-corrected chi connectivity index (χ0v) is 20.9. The van der Waals surface area contributed by atoms with E-state index in [0.717, 1.165) is 43.3 Å². The van der Waals surface area contributed by atoms with Crippen LogP contribution in [0, 0.1) is 29.6 Å². The largest absolute Gasteiger partial charge is 0.352 e. The van der Waals surface area contributed by atoms with E-state index >= 15 is 0 Å². The summed E-state index contributed by atoms with van der Waals surface area (Å²) >= 11 is 5.91. The number of hydrogen-bond donors (Lipinski definition) is 2. The average molecular weight is 474 g/mol. The Kier molecular flexibility index (Phi) is 9.81. The van der Waals surface area contributed by atoms with Crippen molar-refractivity contribution >= 4 is 29.5 Å². The Labute approximate surface area is 204 Å². The van der Waals surface area contributed by atoms with Crippen molar-refractivity contribution in [3.8, 4) is 0 Å². The molecule has 33 heavy (non-hydrogen) atoms. The van der Waals surface area contributed by atoms with E-state index in [0.29, 0.717) is 30.5 Å². The van der Waals surface area contributed by atoms with E-state index in [1.807, 2.05) is 12.1 Å². The topological polar surface area (TPSA) is 75.4 Å². The molecule has 2 fully saturated rings. The Morgan fingerprint density at radius 3 is 2.48 bits per heavy atom. The standard InChI is InChI=1S/C27H40ClN3O2/c1-19-13-20(2)15-23(14-19)18-31-12-10-22(16-24(9-11-29)27(31)33)17-30-26(32)8-5-21-3-6-25(28)7-4-21/h3-8,19-20,22-24H,9-18,29H2,1-2H3,(H,30,32)/b8-5+/t19?,20?,22-,23?,24-/m1/s1. The first-order valence-electron chi connectivity index (χ1n) is 12.5. The van der Waals surface area contributed by atoms with Crippen LogP contribution in [0.3, 0.4) is 0 Å². The fourth-order valence-corrected chi connectivity index (χ4v) is 5.89. The van der Waals surface area contributed by atoms with Crippen molar-refractivity contribution in [2.24, 2.45) is 35.3 Å². The van der Waals surface area contributed by atoms with Crippen LogP contribution in [0.5, 0.6) is 0 Å². The number of nitrogens with one attached hydrogen (secondary N) is 1. The molecule has 1 aromatic rings. The van der Waals surface area contributed by atoms with Crippen LogP contribution in [-0.4, -0.2) is 42.9 Å². The molecule has 0 bridgehead atoms. The van der Waals surface area contributed by atoms with Crippen LogP contribution < -0.4 is 11.1 Å². The predicted octanol–water partition coefficient (Wildman–Crippen LogP) is 4.75. The van der Waals surface area contributed by atoms with Gasteiger partial charge in [0.25, 0.3) is 0 Å². The van der Waals surface area contributed by atoms with Gasteiger partial charge < -0.3 is 16.0 Å². The number of carbonyl (C=O) groups is 2. The van der Waals surface area contributed by atoms with Crippen LogP contribution in [0.4, 0.5) is 0 Å². The summed E-state index contributed by atoms with van der Waals surface area (Å²) in [5.41, 5.74) is 6.78. The predicted molar refractivity (Wildman–Crippen MR) is 136 cm³/mol. The second kappa shape index (κ2) is 12.6. The minimum Gasteiger partial charge on any atom is -0.352 e. The second-order valence-corrected chi connectivity index (χ2v) is 10.8. The maximum absolute atomic E-state index is 13.3. The van der Waals surface area contributed by atoms with Gasteiger partial charge in [-0.1, -0.05) is 37.6 Å². The number of hydrogen-bond acceptors (Lipinski definition) is 3. The van der Waals surface area contributed by atoms with Crippen LogP contribution >= 0.6 is 11.6 Å². The molecule has 2 aliphatic rings. The number of nitrogens with two attached hydrogens (primary N) is 1. The van der Waals surface area contributed by atoms with E-state index in [2.05, 4.69) is 24.1 Å². The number of nitrogens with zero attached hydrogens (tertiary/aromatic N) is 1. The molecule has 1 heterocycles. The normalized spacial score (nSPS) is 28.7. The molecule has 1 aliphatic carbocycles. The van der Waals surface area contributed by atoms with Gasteiger partial charge in [0.15, 0.2) is 0 Å². The van der Waals surface area contributed by atoms with Gasteiger partial charge in [-0.3, -0.25) is 9.59 Å². The number of rotatable bonds is 8. The van der Waals surface area contributed by atoms with Crippen molar-refractivity contribution in [3.05, 3.63) is 40.9 Å². The van der Waals surface area contributed by atoms with Crippen molar-refractivity contribution in [2.45, 2.75) is 52.4 Å². The third kappa shape index (κ3) is 8.15. The SMILES string of the molecule is CC1CC(C)CC(CN2CC[C@@H](CNC(=O)/C=C/c3ccc(Cl)cc3)C[C@@H](CCN)C2=O)C1. The molecule has 3 rings (SSSR count). The minimum absolute atomic E-state index is 0.0394. The van der Waals surface area contributed by atoms with Gasteiger partial charge in [-0.25, -0.2) is 0 Å². The molecule has 1 aromatic carbocycles. The molecule has 0 aromatic heterocycles. The Balaban J connectivity index is 1.54. The molecule has 5 nitrogen and oxygen atoms in total. The van der Waals surface area contributed by atoms with Crippen LogP contribution in [0.25, 0.3) is 6.08 Å². The fourth-order valence-electron chi connectivity index (χ4n) is 5.76.